The van der Waals surface area contributed by atoms with Crippen LogP contribution in [0.2, 0.25) is 0 Å². The van der Waals surface area contributed by atoms with Gasteiger partial charge in [-0.25, -0.2) is 4.39 Å². The van der Waals surface area contributed by atoms with Gasteiger partial charge in [-0.3, -0.25) is 4.79 Å². The molecule has 27 heavy (non-hydrogen) atoms. The molecule has 0 aromatic heterocycles. The van der Waals surface area contributed by atoms with Gasteiger partial charge in [0.15, 0.2) is 5.78 Å². The third kappa shape index (κ3) is 5.06. The molecule has 0 radical (unpaired) electrons. The molecule has 1 unspecified atom stereocenters. The van der Waals surface area contributed by atoms with Gasteiger partial charge in [0.2, 0.25) is 0 Å². The van der Waals surface area contributed by atoms with E-state index in [1.54, 1.807) is 6.92 Å². The zero-order valence-corrected chi connectivity index (χ0v) is 13.9. The number of alkyl halides is 6. The van der Waals surface area contributed by atoms with E-state index in [1.165, 1.54) is 0 Å². The molecule has 9 heteroatoms. The van der Waals surface area contributed by atoms with Crippen molar-refractivity contribution in [3.05, 3.63) is 70.0 Å². The normalized spacial score (nSPS) is 13.5. The van der Waals surface area contributed by atoms with Crippen molar-refractivity contribution in [3.63, 3.8) is 0 Å². The molecule has 2 rings (SSSR count). The molecule has 0 fully saturated rings. The number of hydrogen-bond donors (Lipinski definition) is 1. The van der Waals surface area contributed by atoms with Gasteiger partial charge in [0.05, 0.1) is 11.1 Å². The van der Waals surface area contributed by atoms with Gasteiger partial charge in [-0.15, -0.1) is 0 Å². The second-order valence-corrected chi connectivity index (χ2v) is 6.11. The second-order valence-electron chi connectivity index (χ2n) is 6.11. The molecule has 0 aliphatic heterocycles. The minimum Gasteiger partial charge on any atom is -0.328 e. The highest BCUT2D eigenvalue weighted by Gasteiger charge is 2.37. The van der Waals surface area contributed by atoms with Crippen molar-refractivity contribution in [2.45, 2.75) is 31.7 Å². The van der Waals surface area contributed by atoms with E-state index in [1.807, 2.05) is 0 Å². The van der Waals surface area contributed by atoms with Crippen molar-refractivity contribution >= 4 is 5.78 Å². The summed E-state index contributed by atoms with van der Waals surface area (Å²) in [6, 6.07) is 3.14. The Kier molecular flexibility index (Phi) is 5.65. The Morgan fingerprint density at radius 1 is 0.926 bits per heavy atom. The lowest BCUT2D eigenvalue weighted by molar-refractivity contribution is -0.143. The summed E-state index contributed by atoms with van der Waals surface area (Å²) in [5, 5.41) is 0. The quantitative estimate of drug-likeness (QED) is 0.588. The van der Waals surface area contributed by atoms with Gasteiger partial charge in [0.1, 0.15) is 5.82 Å². The van der Waals surface area contributed by atoms with Crippen LogP contribution < -0.4 is 5.73 Å². The monoisotopic (exact) mass is 393 g/mol. The maximum Gasteiger partial charge on any atom is 0.416 e. The molecule has 0 saturated carbocycles. The predicted molar refractivity (Wildman–Crippen MR) is 83.6 cm³/mol. The molecule has 0 heterocycles. The second kappa shape index (κ2) is 7.30. The fourth-order valence-corrected chi connectivity index (χ4v) is 2.47. The Hall–Kier alpha value is -2.42. The molecule has 1 atom stereocenters. The first-order valence-electron chi connectivity index (χ1n) is 7.67. The smallest absolute Gasteiger partial charge is 0.328 e. The maximum atomic E-state index is 13.8. The average molecular weight is 393 g/mol. The lowest BCUT2D eigenvalue weighted by Crippen LogP contribution is -2.19. The zero-order chi connectivity index (χ0) is 20.6. The van der Waals surface area contributed by atoms with Crippen LogP contribution in [0, 0.1) is 5.82 Å². The molecule has 0 aliphatic rings. The Bertz CT molecular complexity index is 822. The minimum atomic E-state index is -5.07. The fraction of sp³-hybridized carbons (Fsp3) is 0.278. The average Bonchev–Trinajstić information content (AvgIpc) is 2.53. The third-order valence-corrected chi connectivity index (χ3v) is 3.70. The van der Waals surface area contributed by atoms with E-state index >= 15 is 0 Å². The Balaban J connectivity index is 2.56. The van der Waals surface area contributed by atoms with Crippen LogP contribution in [0.5, 0.6) is 0 Å². The first-order valence-corrected chi connectivity index (χ1v) is 7.67. The zero-order valence-electron chi connectivity index (χ0n) is 13.9. The standard InChI is InChI=1S/C18H14F7NO/c1-9(26)4-11-5-10(2-3-15(11)19)16(27)12-6-13(17(20,21)22)8-14(7-12)18(23,24)25/h2-3,5-9H,4,26H2,1H3. The van der Waals surface area contributed by atoms with Crippen LogP contribution in [0.3, 0.4) is 0 Å². The van der Waals surface area contributed by atoms with E-state index < -0.39 is 46.7 Å². The molecule has 146 valence electrons. The lowest BCUT2D eigenvalue weighted by Gasteiger charge is -2.14. The molecule has 2 aromatic carbocycles. The van der Waals surface area contributed by atoms with Gasteiger partial charge in [-0.1, -0.05) is 0 Å². The largest absolute Gasteiger partial charge is 0.416 e. The van der Waals surface area contributed by atoms with Crippen LogP contribution in [-0.2, 0) is 18.8 Å². The summed E-state index contributed by atoms with van der Waals surface area (Å²) in [7, 11) is 0. The van der Waals surface area contributed by atoms with Crippen LogP contribution in [0.1, 0.15) is 39.5 Å². The number of carbonyl (C=O) groups is 1. The highest BCUT2D eigenvalue weighted by molar-refractivity contribution is 6.09. The summed E-state index contributed by atoms with van der Waals surface area (Å²) in [6.07, 6.45) is -10.1. The fourth-order valence-electron chi connectivity index (χ4n) is 2.47. The van der Waals surface area contributed by atoms with Gasteiger partial charge in [0.25, 0.3) is 0 Å². The van der Waals surface area contributed by atoms with Gasteiger partial charge in [-0.2, -0.15) is 26.3 Å². The molecule has 2 nitrogen and oxygen atoms in total. The first-order chi connectivity index (χ1) is 12.3. The maximum absolute atomic E-state index is 13.8. The molecular formula is C18H14F7NO. The molecule has 0 saturated heterocycles. The van der Waals surface area contributed by atoms with Gasteiger partial charge in [0, 0.05) is 17.2 Å². The minimum absolute atomic E-state index is 0.0406. The lowest BCUT2D eigenvalue weighted by atomic mass is 9.95. The van der Waals surface area contributed by atoms with Crippen LogP contribution in [0.4, 0.5) is 30.7 Å². The van der Waals surface area contributed by atoms with E-state index in [4.69, 9.17) is 5.73 Å². The van der Waals surface area contributed by atoms with Crippen molar-refractivity contribution in [1.29, 1.82) is 0 Å². The molecule has 2 N–H and O–H groups in total. The van der Waals surface area contributed by atoms with E-state index in [0.717, 1.165) is 18.2 Å². The number of carbonyl (C=O) groups excluding carboxylic acids is 1. The summed E-state index contributed by atoms with van der Waals surface area (Å²) < 4.78 is 91.3. The van der Waals surface area contributed by atoms with E-state index in [0.29, 0.717) is 12.1 Å². The van der Waals surface area contributed by atoms with Crippen LogP contribution in [0.15, 0.2) is 36.4 Å². The summed E-state index contributed by atoms with van der Waals surface area (Å²) in [5.74, 6) is -1.76. The SMILES string of the molecule is CC(N)Cc1cc(C(=O)c2cc(C(F)(F)F)cc(C(F)(F)F)c2)ccc1F. The van der Waals surface area contributed by atoms with Crippen molar-refractivity contribution in [2.75, 3.05) is 0 Å². The van der Waals surface area contributed by atoms with E-state index in [9.17, 15) is 35.5 Å². The van der Waals surface area contributed by atoms with Gasteiger partial charge in [-0.05, 0) is 55.3 Å². The summed E-state index contributed by atoms with van der Waals surface area (Å²) in [6.45, 7) is 1.58. The number of ketones is 1. The Morgan fingerprint density at radius 2 is 1.44 bits per heavy atom. The van der Waals surface area contributed by atoms with Crippen LogP contribution in [0.25, 0.3) is 0 Å². The van der Waals surface area contributed by atoms with Crippen molar-refractivity contribution in [1.82, 2.24) is 0 Å². The molecule has 0 amide bonds. The molecule has 0 spiro atoms. The topological polar surface area (TPSA) is 43.1 Å². The third-order valence-electron chi connectivity index (χ3n) is 3.70. The highest BCUT2D eigenvalue weighted by Crippen LogP contribution is 2.36. The number of hydrogen-bond acceptors (Lipinski definition) is 2. The first kappa shape index (κ1) is 20.9. The summed E-state index contributed by atoms with van der Waals surface area (Å²) in [4.78, 5) is 12.5. The van der Waals surface area contributed by atoms with Crippen molar-refractivity contribution < 1.29 is 35.5 Å². The molecule has 0 bridgehead atoms. The summed E-state index contributed by atoms with van der Waals surface area (Å²) >= 11 is 0. The molecule has 2 aromatic rings. The molecule has 0 aliphatic carbocycles. The van der Waals surface area contributed by atoms with E-state index in [-0.39, 0.29) is 23.6 Å². The van der Waals surface area contributed by atoms with Crippen molar-refractivity contribution in [3.8, 4) is 0 Å². The number of nitrogens with two attached hydrogens (primary N) is 1. The number of rotatable bonds is 4. The highest BCUT2D eigenvalue weighted by atomic mass is 19.4. The molecular weight excluding hydrogens is 379 g/mol. The number of benzene rings is 2. The van der Waals surface area contributed by atoms with Crippen LogP contribution >= 0.6 is 0 Å². The Morgan fingerprint density at radius 3 is 1.89 bits per heavy atom. The van der Waals surface area contributed by atoms with Gasteiger partial charge >= 0.3 is 12.4 Å². The van der Waals surface area contributed by atoms with Crippen molar-refractivity contribution in [2.24, 2.45) is 5.73 Å². The van der Waals surface area contributed by atoms with Crippen LogP contribution in [-0.4, -0.2) is 11.8 Å². The summed E-state index contributed by atoms with van der Waals surface area (Å²) in [5.41, 5.74) is 1.38. The van der Waals surface area contributed by atoms with E-state index in [2.05, 4.69) is 0 Å². The Labute approximate surface area is 149 Å². The number of halogens is 7. The van der Waals surface area contributed by atoms with Gasteiger partial charge < -0.3 is 5.73 Å². The predicted octanol–water partition coefficient (Wildman–Crippen LogP) is 4.98.